The maximum absolute atomic E-state index is 5.05. The van der Waals surface area contributed by atoms with E-state index in [4.69, 9.17) is 9.97 Å². The average molecular weight is 384 g/mol. The van der Waals surface area contributed by atoms with Crippen LogP contribution in [0.2, 0.25) is 0 Å². The van der Waals surface area contributed by atoms with Gasteiger partial charge < -0.3 is 14.8 Å². The molecular weight excluding hydrogens is 350 g/mol. The summed E-state index contributed by atoms with van der Waals surface area (Å²) in [6, 6.07) is 0.366. The van der Waals surface area contributed by atoms with Gasteiger partial charge in [0.2, 0.25) is 5.95 Å². The number of nitrogens with zero attached hydrogens (tertiary/aromatic N) is 6. The highest BCUT2D eigenvalue weighted by molar-refractivity contribution is 5.56. The lowest BCUT2D eigenvalue weighted by atomic mass is 9.76. The van der Waals surface area contributed by atoms with Crippen LogP contribution in [0, 0.1) is 0 Å². The molecule has 2 aromatic heterocycles. The number of likely N-dealkylation sites (tertiary alicyclic amines) is 1. The van der Waals surface area contributed by atoms with Gasteiger partial charge in [0.1, 0.15) is 11.6 Å². The number of nitrogens with one attached hydrogen (secondary N) is 1. The van der Waals surface area contributed by atoms with Crippen LogP contribution in [0.4, 0.5) is 11.8 Å². The normalized spacial score (nSPS) is 18.6. The second-order valence-corrected chi connectivity index (χ2v) is 8.90. The van der Waals surface area contributed by atoms with Crippen LogP contribution in [-0.4, -0.2) is 57.6 Å². The monoisotopic (exact) mass is 383 g/mol. The molecule has 3 heterocycles. The zero-order valence-corrected chi connectivity index (χ0v) is 17.9. The molecule has 0 unspecified atom stereocenters. The van der Waals surface area contributed by atoms with Crippen molar-refractivity contribution >= 4 is 11.8 Å². The molecule has 4 rings (SSSR count). The summed E-state index contributed by atoms with van der Waals surface area (Å²) in [6.45, 7) is 7.47. The third-order valence-corrected chi connectivity index (χ3v) is 6.28. The summed E-state index contributed by atoms with van der Waals surface area (Å²) in [5.74, 6) is 3.00. The average Bonchev–Trinajstić information content (AvgIpc) is 3.21. The maximum Gasteiger partial charge on any atom is 0.227 e. The number of fused-ring (bicyclic) bond motifs is 2. The van der Waals surface area contributed by atoms with Crippen molar-refractivity contribution in [1.82, 2.24) is 24.4 Å². The first-order valence-corrected chi connectivity index (χ1v) is 10.4. The predicted molar refractivity (Wildman–Crippen MR) is 113 cm³/mol. The molecule has 0 bridgehead atoms. The number of piperidine rings is 1. The molecule has 152 valence electrons. The van der Waals surface area contributed by atoms with Crippen LogP contribution in [0.25, 0.3) is 0 Å². The summed E-state index contributed by atoms with van der Waals surface area (Å²) in [4.78, 5) is 18.9. The maximum atomic E-state index is 5.05. The van der Waals surface area contributed by atoms with Crippen LogP contribution >= 0.6 is 0 Å². The van der Waals surface area contributed by atoms with E-state index in [-0.39, 0.29) is 5.41 Å². The summed E-state index contributed by atoms with van der Waals surface area (Å²) < 4.78 is 2.12. The minimum Gasteiger partial charge on any atom is -0.367 e. The number of hydrogen-bond donors (Lipinski definition) is 1. The topological polar surface area (TPSA) is 62.1 Å². The molecule has 1 fully saturated rings. The van der Waals surface area contributed by atoms with Gasteiger partial charge >= 0.3 is 0 Å². The number of aromatic nitrogens is 4. The summed E-state index contributed by atoms with van der Waals surface area (Å²) >= 11 is 0. The molecule has 0 radical (unpaired) electrons. The van der Waals surface area contributed by atoms with E-state index in [9.17, 15) is 0 Å². The predicted octanol–water partition coefficient (Wildman–Crippen LogP) is 2.58. The Labute approximate surface area is 168 Å². The fourth-order valence-electron chi connectivity index (χ4n) is 4.60. The molecule has 1 spiro atoms. The number of hydrogen-bond acceptors (Lipinski definition) is 6. The van der Waals surface area contributed by atoms with Crippen LogP contribution in [0.1, 0.15) is 50.2 Å². The summed E-state index contributed by atoms with van der Waals surface area (Å²) in [5, 5.41) is 3.57. The van der Waals surface area contributed by atoms with Crippen molar-refractivity contribution in [1.29, 1.82) is 0 Å². The molecule has 0 atom stereocenters. The zero-order valence-electron chi connectivity index (χ0n) is 17.9. The highest BCUT2D eigenvalue weighted by Gasteiger charge is 2.44. The van der Waals surface area contributed by atoms with Gasteiger partial charge in [0, 0.05) is 50.6 Å². The molecule has 28 heavy (non-hydrogen) atoms. The van der Waals surface area contributed by atoms with Crippen molar-refractivity contribution in [2.75, 3.05) is 37.4 Å². The van der Waals surface area contributed by atoms with E-state index in [1.54, 1.807) is 0 Å². The summed E-state index contributed by atoms with van der Waals surface area (Å²) in [5.41, 5.74) is 2.84. The van der Waals surface area contributed by atoms with Gasteiger partial charge in [-0.2, -0.15) is 4.98 Å². The molecule has 1 saturated heterocycles. The largest absolute Gasteiger partial charge is 0.367 e. The molecule has 7 heteroatoms. The van der Waals surface area contributed by atoms with Gasteiger partial charge in [-0.1, -0.05) is 0 Å². The van der Waals surface area contributed by atoms with E-state index < -0.39 is 0 Å². The Morgan fingerprint density at radius 2 is 1.93 bits per heavy atom. The van der Waals surface area contributed by atoms with E-state index in [1.165, 1.54) is 17.7 Å². The van der Waals surface area contributed by atoms with Crippen LogP contribution in [0.15, 0.2) is 12.4 Å². The van der Waals surface area contributed by atoms with Crippen molar-refractivity contribution in [3.63, 3.8) is 0 Å². The van der Waals surface area contributed by atoms with E-state index in [1.807, 2.05) is 31.4 Å². The van der Waals surface area contributed by atoms with Crippen molar-refractivity contribution in [3.05, 3.63) is 29.5 Å². The fraction of sp³-hybridized carbons (Fsp3) is 0.667. The summed E-state index contributed by atoms with van der Waals surface area (Å²) in [7, 11) is 6.12. The first kappa shape index (κ1) is 19.2. The van der Waals surface area contributed by atoms with Gasteiger partial charge in [-0.05, 0) is 52.6 Å². The van der Waals surface area contributed by atoms with Crippen molar-refractivity contribution < 1.29 is 0 Å². The molecule has 1 aliphatic carbocycles. The number of imidazole rings is 1. The lowest BCUT2D eigenvalue weighted by molar-refractivity contribution is 0.146. The van der Waals surface area contributed by atoms with Crippen LogP contribution in [-0.2, 0) is 25.4 Å². The third-order valence-electron chi connectivity index (χ3n) is 6.28. The Morgan fingerprint density at radius 3 is 2.54 bits per heavy atom. The molecule has 1 N–H and O–H groups in total. The van der Waals surface area contributed by atoms with Gasteiger partial charge in [0.15, 0.2) is 0 Å². The Balaban J connectivity index is 1.57. The smallest absolute Gasteiger partial charge is 0.227 e. The fourth-order valence-corrected chi connectivity index (χ4v) is 4.60. The van der Waals surface area contributed by atoms with Gasteiger partial charge in [-0.15, -0.1) is 0 Å². The van der Waals surface area contributed by atoms with Crippen LogP contribution in [0.5, 0.6) is 0 Å². The Hall–Kier alpha value is -2.15. The minimum absolute atomic E-state index is 0.203. The second kappa shape index (κ2) is 7.35. The quantitative estimate of drug-likeness (QED) is 0.856. The van der Waals surface area contributed by atoms with Crippen molar-refractivity contribution in [2.24, 2.45) is 7.05 Å². The van der Waals surface area contributed by atoms with E-state index in [0.29, 0.717) is 6.04 Å². The molecule has 0 aromatic carbocycles. The van der Waals surface area contributed by atoms with E-state index >= 15 is 0 Å². The van der Waals surface area contributed by atoms with Gasteiger partial charge in [-0.25, -0.2) is 9.97 Å². The molecule has 2 aromatic rings. The standard InChI is InChI=1S/C21H33N7/c1-15(2)23-19-16-6-7-21(18(16)24-20(25-19)26(3)4)8-11-28(12-9-21)14-17-22-10-13-27(17)5/h10,13,15H,6-9,11-12,14H2,1-5H3,(H,23,24,25). The molecule has 1 aliphatic heterocycles. The SMILES string of the molecule is CC(C)Nc1nc(N(C)C)nc2c1CCC21CCN(Cc2nccn2C)CC1. The lowest BCUT2D eigenvalue weighted by Crippen LogP contribution is -2.42. The molecular formula is C21H33N7. The highest BCUT2D eigenvalue weighted by atomic mass is 15.2. The van der Waals surface area contributed by atoms with Crippen molar-refractivity contribution in [3.8, 4) is 0 Å². The Bertz CT molecular complexity index is 831. The van der Waals surface area contributed by atoms with Crippen LogP contribution < -0.4 is 10.2 Å². The van der Waals surface area contributed by atoms with E-state index in [0.717, 1.165) is 56.5 Å². The first-order chi connectivity index (χ1) is 13.4. The highest BCUT2D eigenvalue weighted by Crippen LogP contribution is 2.47. The van der Waals surface area contributed by atoms with Crippen LogP contribution in [0.3, 0.4) is 0 Å². The molecule has 7 nitrogen and oxygen atoms in total. The molecule has 0 amide bonds. The molecule has 0 saturated carbocycles. The molecule has 2 aliphatic rings. The number of rotatable bonds is 5. The third kappa shape index (κ3) is 3.48. The van der Waals surface area contributed by atoms with Gasteiger partial charge in [0.25, 0.3) is 0 Å². The first-order valence-electron chi connectivity index (χ1n) is 10.4. The number of aryl methyl sites for hydroxylation is 1. The van der Waals surface area contributed by atoms with Crippen molar-refractivity contribution in [2.45, 2.75) is 57.5 Å². The zero-order chi connectivity index (χ0) is 19.9. The Morgan fingerprint density at radius 1 is 1.18 bits per heavy atom. The van der Waals surface area contributed by atoms with Gasteiger partial charge in [-0.3, -0.25) is 4.90 Å². The van der Waals surface area contributed by atoms with Gasteiger partial charge in [0.05, 0.1) is 12.2 Å². The minimum atomic E-state index is 0.203. The summed E-state index contributed by atoms with van der Waals surface area (Å²) in [6.07, 6.45) is 8.51. The number of anilines is 2. The van der Waals surface area contributed by atoms with E-state index in [2.05, 4.69) is 40.7 Å². The lowest BCUT2D eigenvalue weighted by Gasteiger charge is -2.39. The second-order valence-electron chi connectivity index (χ2n) is 8.90. The Kier molecular flexibility index (Phi) is 5.04.